The first-order valence-corrected chi connectivity index (χ1v) is 7.63. The van der Waals surface area contributed by atoms with E-state index in [2.05, 4.69) is 5.32 Å². The minimum Gasteiger partial charge on any atom is -0.550 e. The number of amides is 1. The van der Waals surface area contributed by atoms with Crippen molar-refractivity contribution in [1.82, 2.24) is 0 Å². The average molecular weight is 306 g/mol. The second-order valence-corrected chi connectivity index (χ2v) is 5.50. The maximum absolute atomic E-state index is 12.1. The van der Waals surface area contributed by atoms with Gasteiger partial charge in [0.15, 0.2) is 0 Å². The second kappa shape index (κ2) is 9.07. The zero-order valence-corrected chi connectivity index (χ0v) is 13.4. The molecule has 0 saturated carbocycles. The van der Waals surface area contributed by atoms with Crippen LogP contribution in [0.2, 0.25) is 0 Å². The molecule has 0 spiro atoms. The minimum absolute atomic E-state index is 0.139. The van der Waals surface area contributed by atoms with Crippen LogP contribution in [0, 0.1) is 11.8 Å². The van der Waals surface area contributed by atoms with Crippen LogP contribution in [0.5, 0.6) is 5.75 Å². The summed E-state index contributed by atoms with van der Waals surface area (Å²) in [5.41, 5.74) is 0.584. The van der Waals surface area contributed by atoms with Crippen LogP contribution in [0.25, 0.3) is 0 Å². The third-order valence-corrected chi connectivity index (χ3v) is 3.75. The Bertz CT molecular complexity index is 501. The van der Waals surface area contributed by atoms with Crippen molar-refractivity contribution in [1.29, 1.82) is 0 Å². The quantitative estimate of drug-likeness (QED) is 0.758. The van der Waals surface area contributed by atoms with Gasteiger partial charge < -0.3 is 20.0 Å². The van der Waals surface area contributed by atoms with E-state index in [1.54, 1.807) is 25.1 Å². The topological polar surface area (TPSA) is 78.5 Å². The Morgan fingerprint density at radius 3 is 2.59 bits per heavy atom. The molecule has 122 valence electrons. The lowest BCUT2D eigenvalue weighted by Crippen LogP contribution is -2.36. The lowest BCUT2D eigenvalue weighted by atomic mass is 9.87. The van der Waals surface area contributed by atoms with E-state index in [0.29, 0.717) is 17.9 Å². The van der Waals surface area contributed by atoms with E-state index in [1.807, 2.05) is 13.0 Å². The number of para-hydroxylation sites is 2. The number of nitrogens with one attached hydrogen (secondary N) is 1. The van der Waals surface area contributed by atoms with E-state index < -0.39 is 11.9 Å². The summed E-state index contributed by atoms with van der Waals surface area (Å²) in [6.07, 6.45) is 2.42. The monoisotopic (exact) mass is 306 g/mol. The molecule has 0 aliphatic rings. The summed E-state index contributed by atoms with van der Waals surface area (Å²) in [7, 11) is 1.53. The van der Waals surface area contributed by atoms with Gasteiger partial charge in [-0.1, -0.05) is 38.8 Å². The van der Waals surface area contributed by atoms with Crippen molar-refractivity contribution in [2.75, 3.05) is 12.4 Å². The van der Waals surface area contributed by atoms with Crippen LogP contribution in [-0.2, 0) is 9.59 Å². The number of carbonyl (C=O) groups excluding carboxylic acids is 2. The van der Waals surface area contributed by atoms with Gasteiger partial charge in [-0.05, 0) is 24.5 Å². The molecule has 0 fully saturated rings. The van der Waals surface area contributed by atoms with Crippen molar-refractivity contribution < 1.29 is 19.4 Å². The van der Waals surface area contributed by atoms with Crippen LogP contribution in [0.4, 0.5) is 5.69 Å². The van der Waals surface area contributed by atoms with Crippen molar-refractivity contribution >= 4 is 17.6 Å². The minimum atomic E-state index is -1.08. The molecule has 2 atom stereocenters. The number of unbranched alkanes of at least 4 members (excludes halogenated alkanes) is 1. The number of carbonyl (C=O) groups is 2. The van der Waals surface area contributed by atoms with Gasteiger partial charge in [-0.3, -0.25) is 4.79 Å². The molecular weight excluding hydrogens is 282 g/mol. The Kier molecular flexibility index (Phi) is 7.43. The largest absolute Gasteiger partial charge is 0.550 e. The molecule has 1 amide bonds. The number of hydrogen-bond acceptors (Lipinski definition) is 4. The first-order valence-electron chi connectivity index (χ1n) is 7.63. The molecule has 0 heterocycles. The van der Waals surface area contributed by atoms with Gasteiger partial charge in [0, 0.05) is 18.3 Å². The lowest BCUT2D eigenvalue weighted by Gasteiger charge is -2.24. The first-order chi connectivity index (χ1) is 10.5. The maximum Gasteiger partial charge on any atom is 0.224 e. The number of methoxy groups -OCH3 is 1. The van der Waals surface area contributed by atoms with Crippen LogP contribution in [0.3, 0.4) is 0 Å². The van der Waals surface area contributed by atoms with Crippen LogP contribution in [0.15, 0.2) is 24.3 Å². The number of carboxylic acids is 1. The van der Waals surface area contributed by atoms with Gasteiger partial charge in [0.2, 0.25) is 5.91 Å². The van der Waals surface area contributed by atoms with Crippen LogP contribution in [0.1, 0.15) is 39.5 Å². The predicted molar refractivity (Wildman–Crippen MR) is 83.4 cm³/mol. The first kappa shape index (κ1) is 18.0. The standard InChI is InChI=1S/C17H25NO4/c1-4-5-8-13(17(20)21)12(2)11-16(19)18-14-9-6-7-10-15(14)22-3/h6-7,9-10,12-13H,4-5,8,11H2,1-3H3,(H,18,19)(H,20,21)/p-1/t12-,13+/m0/s1. The Balaban J connectivity index is 2.64. The molecule has 5 heteroatoms. The molecular formula is C17H24NO4-. The van der Waals surface area contributed by atoms with Gasteiger partial charge in [0.25, 0.3) is 0 Å². The van der Waals surface area contributed by atoms with Gasteiger partial charge >= 0.3 is 0 Å². The van der Waals surface area contributed by atoms with E-state index in [-0.39, 0.29) is 18.2 Å². The Labute approximate surface area is 131 Å². The van der Waals surface area contributed by atoms with E-state index in [0.717, 1.165) is 12.8 Å². The van der Waals surface area contributed by atoms with Gasteiger partial charge in [0.05, 0.1) is 12.8 Å². The van der Waals surface area contributed by atoms with Crippen molar-refractivity contribution in [2.45, 2.75) is 39.5 Å². The summed E-state index contributed by atoms with van der Waals surface area (Å²) in [5, 5.41) is 14.0. The highest BCUT2D eigenvalue weighted by atomic mass is 16.5. The third-order valence-electron chi connectivity index (χ3n) is 3.75. The number of aliphatic carboxylic acids is 1. The summed E-state index contributed by atoms with van der Waals surface area (Å²) < 4.78 is 5.17. The normalized spacial score (nSPS) is 13.2. The number of ether oxygens (including phenoxy) is 1. The molecule has 0 radical (unpaired) electrons. The zero-order chi connectivity index (χ0) is 16.5. The summed E-state index contributed by atoms with van der Waals surface area (Å²) >= 11 is 0. The Morgan fingerprint density at radius 1 is 1.32 bits per heavy atom. The molecule has 0 aliphatic carbocycles. The fraction of sp³-hybridized carbons (Fsp3) is 0.529. The van der Waals surface area contributed by atoms with Crippen LogP contribution < -0.4 is 15.2 Å². The summed E-state index contributed by atoms with van der Waals surface area (Å²) in [4.78, 5) is 23.3. The highest BCUT2D eigenvalue weighted by Crippen LogP contribution is 2.25. The SMILES string of the molecule is CCCC[C@@H](C(=O)[O-])[C@@H](C)CC(=O)Nc1ccccc1OC. The summed E-state index contributed by atoms with van der Waals surface area (Å²) in [6.45, 7) is 3.78. The molecule has 0 saturated heterocycles. The maximum atomic E-state index is 12.1. The molecule has 0 aliphatic heterocycles. The average Bonchev–Trinajstić information content (AvgIpc) is 2.47. The third kappa shape index (κ3) is 5.39. The number of rotatable bonds is 9. The van der Waals surface area contributed by atoms with E-state index in [4.69, 9.17) is 4.74 Å². The zero-order valence-electron chi connectivity index (χ0n) is 13.4. The predicted octanol–water partition coefficient (Wildman–Crippen LogP) is 2.22. The molecule has 1 aromatic carbocycles. The smallest absolute Gasteiger partial charge is 0.224 e. The summed E-state index contributed by atoms with van der Waals surface area (Å²) in [5.74, 6) is -1.59. The van der Waals surface area contributed by atoms with E-state index in [9.17, 15) is 14.7 Å². The fourth-order valence-electron chi connectivity index (χ4n) is 2.44. The number of anilines is 1. The van der Waals surface area contributed by atoms with Crippen molar-refractivity contribution in [3.05, 3.63) is 24.3 Å². The number of carboxylic acid groups (broad SMARTS) is 1. The Morgan fingerprint density at radius 2 is 2.00 bits per heavy atom. The van der Waals surface area contributed by atoms with E-state index >= 15 is 0 Å². The van der Waals surface area contributed by atoms with Crippen LogP contribution >= 0.6 is 0 Å². The van der Waals surface area contributed by atoms with Crippen molar-refractivity contribution in [2.24, 2.45) is 11.8 Å². The van der Waals surface area contributed by atoms with Gasteiger partial charge in [-0.2, -0.15) is 0 Å². The van der Waals surface area contributed by atoms with Crippen molar-refractivity contribution in [3.8, 4) is 5.75 Å². The lowest BCUT2D eigenvalue weighted by molar-refractivity contribution is -0.313. The Hall–Kier alpha value is -2.04. The number of hydrogen-bond donors (Lipinski definition) is 1. The van der Waals surface area contributed by atoms with Crippen molar-refractivity contribution in [3.63, 3.8) is 0 Å². The number of benzene rings is 1. The highest BCUT2D eigenvalue weighted by Gasteiger charge is 2.21. The molecule has 0 bridgehead atoms. The molecule has 1 N–H and O–H groups in total. The highest BCUT2D eigenvalue weighted by molar-refractivity contribution is 5.92. The summed E-state index contributed by atoms with van der Waals surface area (Å²) in [6, 6.07) is 7.11. The molecule has 5 nitrogen and oxygen atoms in total. The van der Waals surface area contributed by atoms with Gasteiger partial charge in [0.1, 0.15) is 5.75 Å². The van der Waals surface area contributed by atoms with Gasteiger partial charge in [-0.15, -0.1) is 0 Å². The second-order valence-electron chi connectivity index (χ2n) is 5.50. The molecule has 0 aromatic heterocycles. The fourth-order valence-corrected chi connectivity index (χ4v) is 2.44. The van der Waals surface area contributed by atoms with E-state index in [1.165, 1.54) is 7.11 Å². The van der Waals surface area contributed by atoms with Gasteiger partial charge in [-0.25, -0.2) is 0 Å². The molecule has 1 rings (SSSR count). The van der Waals surface area contributed by atoms with Crippen LogP contribution in [-0.4, -0.2) is 19.0 Å². The molecule has 1 aromatic rings. The molecule has 22 heavy (non-hydrogen) atoms. The molecule has 0 unspecified atom stereocenters.